The third kappa shape index (κ3) is 9.56. The molecule has 0 aromatic carbocycles. The molecule has 0 aromatic heterocycles. The van der Waals surface area contributed by atoms with Gasteiger partial charge in [-0.25, -0.2) is 0 Å². The summed E-state index contributed by atoms with van der Waals surface area (Å²) in [5, 5.41) is 0. The lowest BCUT2D eigenvalue weighted by Crippen LogP contribution is -2.27. The first-order valence-corrected chi connectivity index (χ1v) is 5.25. The SMILES string of the molecule is COCCCC(=O)CN(C)CCC(C)=O. The summed E-state index contributed by atoms with van der Waals surface area (Å²) in [7, 11) is 3.49. The Bertz CT molecular complexity index is 204. The Labute approximate surface area is 91.6 Å². The van der Waals surface area contributed by atoms with Crippen LogP contribution in [0.15, 0.2) is 0 Å². The number of nitrogens with zero attached hydrogens (tertiary/aromatic N) is 1. The molecular formula is C11H21NO3. The van der Waals surface area contributed by atoms with Gasteiger partial charge in [-0.3, -0.25) is 14.5 Å². The number of likely N-dealkylation sites (N-methyl/N-ethyl adjacent to an activating group) is 1. The van der Waals surface area contributed by atoms with E-state index in [0.29, 0.717) is 32.5 Å². The molecule has 0 radical (unpaired) electrons. The summed E-state index contributed by atoms with van der Waals surface area (Å²) >= 11 is 0. The van der Waals surface area contributed by atoms with E-state index in [1.54, 1.807) is 14.0 Å². The van der Waals surface area contributed by atoms with E-state index in [1.165, 1.54) is 0 Å². The number of rotatable bonds is 9. The van der Waals surface area contributed by atoms with E-state index in [9.17, 15) is 9.59 Å². The molecule has 88 valence electrons. The van der Waals surface area contributed by atoms with Gasteiger partial charge < -0.3 is 4.74 Å². The lowest BCUT2D eigenvalue weighted by molar-refractivity contribution is -0.121. The Hall–Kier alpha value is -0.740. The van der Waals surface area contributed by atoms with Crippen molar-refractivity contribution in [2.24, 2.45) is 0 Å². The molecule has 0 atom stereocenters. The van der Waals surface area contributed by atoms with Gasteiger partial charge >= 0.3 is 0 Å². The van der Waals surface area contributed by atoms with Crippen LogP contribution >= 0.6 is 0 Å². The van der Waals surface area contributed by atoms with E-state index in [2.05, 4.69) is 0 Å². The molecule has 0 amide bonds. The molecule has 0 saturated carbocycles. The molecular weight excluding hydrogens is 194 g/mol. The van der Waals surface area contributed by atoms with Crippen LogP contribution in [0.5, 0.6) is 0 Å². The first-order valence-electron chi connectivity index (χ1n) is 5.25. The average Bonchev–Trinajstić information content (AvgIpc) is 2.15. The van der Waals surface area contributed by atoms with Crippen LogP contribution in [0.2, 0.25) is 0 Å². The van der Waals surface area contributed by atoms with E-state index >= 15 is 0 Å². The molecule has 0 aliphatic rings. The van der Waals surface area contributed by atoms with Gasteiger partial charge in [0.1, 0.15) is 11.6 Å². The maximum Gasteiger partial charge on any atom is 0.146 e. The van der Waals surface area contributed by atoms with Gasteiger partial charge in [0.05, 0.1) is 6.54 Å². The van der Waals surface area contributed by atoms with Crippen molar-refractivity contribution in [3.05, 3.63) is 0 Å². The zero-order chi connectivity index (χ0) is 11.7. The van der Waals surface area contributed by atoms with Crippen molar-refractivity contribution in [1.29, 1.82) is 0 Å². The first-order chi connectivity index (χ1) is 7.06. The number of methoxy groups -OCH3 is 1. The van der Waals surface area contributed by atoms with Gasteiger partial charge in [0.2, 0.25) is 0 Å². The molecule has 0 unspecified atom stereocenters. The third-order valence-corrected chi connectivity index (χ3v) is 2.10. The number of carbonyl (C=O) groups excluding carboxylic acids is 2. The quantitative estimate of drug-likeness (QED) is 0.536. The third-order valence-electron chi connectivity index (χ3n) is 2.10. The number of hydrogen-bond donors (Lipinski definition) is 0. The summed E-state index contributed by atoms with van der Waals surface area (Å²) in [4.78, 5) is 24.0. The highest BCUT2D eigenvalue weighted by molar-refractivity contribution is 5.80. The molecule has 0 bridgehead atoms. The van der Waals surface area contributed by atoms with E-state index in [-0.39, 0.29) is 11.6 Å². The second-order valence-electron chi connectivity index (χ2n) is 3.82. The zero-order valence-corrected chi connectivity index (χ0v) is 9.91. The Balaban J connectivity index is 3.53. The summed E-state index contributed by atoms with van der Waals surface area (Å²) in [6.45, 7) is 3.28. The normalized spacial score (nSPS) is 10.7. The van der Waals surface area contributed by atoms with Crippen LogP contribution in [-0.2, 0) is 14.3 Å². The molecule has 4 nitrogen and oxygen atoms in total. The summed E-state index contributed by atoms with van der Waals surface area (Å²) in [5.74, 6) is 0.367. The molecule has 0 spiro atoms. The van der Waals surface area contributed by atoms with Gasteiger partial charge in [0.15, 0.2) is 0 Å². The van der Waals surface area contributed by atoms with Gasteiger partial charge in [0, 0.05) is 33.1 Å². The van der Waals surface area contributed by atoms with Crippen molar-refractivity contribution in [3.8, 4) is 0 Å². The van der Waals surface area contributed by atoms with Gasteiger partial charge in [0.25, 0.3) is 0 Å². The largest absolute Gasteiger partial charge is 0.385 e. The maximum atomic E-state index is 11.4. The van der Waals surface area contributed by atoms with Crippen LogP contribution in [0.25, 0.3) is 0 Å². The molecule has 0 aliphatic carbocycles. The molecule has 15 heavy (non-hydrogen) atoms. The monoisotopic (exact) mass is 215 g/mol. The summed E-state index contributed by atoms with van der Waals surface area (Å²) < 4.78 is 4.87. The molecule has 0 heterocycles. The van der Waals surface area contributed by atoms with Crippen LogP contribution < -0.4 is 0 Å². The molecule has 0 saturated heterocycles. The topological polar surface area (TPSA) is 46.6 Å². The van der Waals surface area contributed by atoms with Crippen LogP contribution in [0.4, 0.5) is 0 Å². The second kappa shape index (κ2) is 8.56. The van der Waals surface area contributed by atoms with E-state index in [1.807, 2.05) is 11.9 Å². The molecule has 0 rings (SSSR count). The predicted octanol–water partition coefficient (Wildman–Crippen LogP) is 0.893. The number of carbonyl (C=O) groups is 2. The summed E-state index contributed by atoms with van der Waals surface area (Å²) in [6, 6.07) is 0. The highest BCUT2D eigenvalue weighted by Crippen LogP contribution is 1.95. The van der Waals surface area contributed by atoms with Crippen LogP contribution in [0, 0.1) is 0 Å². The Kier molecular flexibility index (Phi) is 8.14. The Morgan fingerprint density at radius 1 is 1.27 bits per heavy atom. The molecule has 0 N–H and O–H groups in total. The lowest BCUT2D eigenvalue weighted by Gasteiger charge is -2.14. The van der Waals surface area contributed by atoms with Gasteiger partial charge in [-0.1, -0.05) is 0 Å². The highest BCUT2D eigenvalue weighted by Gasteiger charge is 2.06. The maximum absolute atomic E-state index is 11.4. The molecule has 4 heteroatoms. The minimum Gasteiger partial charge on any atom is -0.385 e. The van der Waals surface area contributed by atoms with E-state index < -0.39 is 0 Å². The predicted molar refractivity (Wildman–Crippen MR) is 58.9 cm³/mol. The van der Waals surface area contributed by atoms with Gasteiger partial charge in [-0.2, -0.15) is 0 Å². The van der Waals surface area contributed by atoms with Gasteiger partial charge in [-0.15, -0.1) is 0 Å². The van der Waals surface area contributed by atoms with Crippen LogP contribution in [-0.4, -0.2) is 50.3 Å². The highest BCUT2D eigenvalue weighted by atomic mass is 16.5. The van der Waals surface area contributed by atoms with E-state index in [4.69, 9.17) is 4.74 Å². The van der Waals surface area contributed by atoms with Crippen molar-refractivity contribution in [2.45, 2.75) is 26.2 Å². The van der Waals surface area contributed by atoms with E-state index in [0.717, 1.165) is 6.42 Å². The number of ketones is 2. The van der Waals surface area contributed by atoms with Crippen LogP contribution in [0.3, 0.4) is 0 Å². The number of Topliss-reactive ketones (excluding diaryl/α,β-unsaturated/α-hetero) is 2. The lowest BCUT2D eigenvalue weighted by atomic mass is 10.2. The molecule has 0 fully saturated rings. The van der Waals surface area contributed by atoms with Crippen molar-refractivity contribution < 1.29 is 14.3 Å². The second-order valence-corrected chi connectivity index (χ2v) is 3.82. The Morgan fingerprint density at radius 3 is 2.47 bits per heavy atom. The fourth-order valence-electron chi connectivity index (χ4n) is 1.22. The zero-order valence-electron chi connectivity index (χ0n) is 9.91. The van der Waals surface area contributed by atoms with Crippen molar-refractivity contribution in [3.63, 3.8) is 0 Å². The summed E-state index contributed by atoms with van der Waals surface area (Å²) in [6.07, 6.45) is 1.84. The van der Waals surface area contributed by atoms with Crippen molar-refractivity contribution >= 4 is 11.6 Å². The van der Waals surface area contributed by atoms with Gasteiger partial charge in [-0.05, 0) is 20.4 Å². The fourth-order valence-corrected chi connectivity index (χ4v) is 1.22. The van der Waals surface area contributed by atoms with Crippen LogP contribution in [0.1, 0.15) is 26.2 Å². The minimum atomic E-state index is 0.161. The molecule has 0 aromatic rings. The standard InChI is InChI=1S/C11H21NO3/c1-10(13)6-7-12(2)9-11(14)5-4-8-15-3/h4-9H2,1-3H3. The average molecular weight is 215 g/mol. The van der Waals surface area contributed by atoms with Crippen molar-refractivity contribution in [1.82, 2.24) is 4.90 Å². The fraction of sp³-hybridized carbons (Fsp3) is 0.818. The minimum absolute atomic E-state index is 0.161. The smallest absolute Gasteiger partial charge is 0.146 e. The van der Waals surface area contributed by atoms with Crippen molar-refractivity contribution in [2.75, 3.05) is 33.9 Å². The molecule has 0 aliphatic heterocycles. The first kappa shape index (κ1) is 14.3. The number of hydrogen-bond acceptors (Lipinski definition) is 4. The number of ether oxygens (including phenoxy) is 1. The Morgan fingerprint density at radius 2 is 1.93 bits per heavy atom. The summed E-state index contributed by atoms with van der Waals surface area (Å²) in [5.41, 5.74) is 0.